The molecule has 0 fully saturated rings. The van der Waals surface area contributed by atoms with E-state index in [9.17, 15) is 79.9 Å². The van der Waals surface area contributed by atoms with Crippen LogP contribution in [0.15, 0.2) is 72.8 Å². The van der Waals surface area contributed by atoms with Gasteiger partial charge in [-0.3, -0.25) is 39.5 Å². The van der Waals surface area contributed by atoms with Crippen molar-refractivity contribution in [2.75, 3.05) is 52.9 Å². The Morgan fingerprint density at radius 3 is 1.16 bits per heavy atom. The summed E-state index contributed by atoms with van der Waals surface area (Å²) in [5.41, 5.74) is 27.2. The number of primary amides is 1. The number of rotatable bonds is 33. The zero-order valence-electron chi connectivity index (χ0n) is 64.5. The number of anilines is 7. The summed E-state index contributed by atoms with van der Waals surface area (Å²) in [6.07, 6.45) is 14.6. The molecule has 2 heterocycles. The van der Waals surface area contributed by atoms with Crippen LogP contribution in [-0.4, -0.2) is 130 Å². The van der Waals surface area contributed by atoms with E-state index in [4.69, 9.17) is 108 Å². The van der Waals surface area contributed by atoms with E-state index in [2.05, 4.69) is 135 Å². The molecule has 6 aromatic carbocycles. The van der Waals surface area contributed by atoms with Gasteiger partial charge in [0.1, 0.15) is 23.5 Å². The molecule has 2 aromatic heterocycles. The van der Waals surface area contributed by atoms with Gasteiger partial charge in [0.25, 0.3) is 5.91 Å². The molecule has 8 rings (SSSR count). The molecule has 122 heavy (non-hydrogen) atoms. The number of carbonyl (C=O) groups is 2. The van der Waals surface area contributed by atoms with Crippen LogP contribution in [0.4, 0.5) is 53.0 Å². The average Bonchev–Trinajstić information content (AvgIpc) is 1.36. The largest absolute Gasteiger partial charge is 1.00 e. The molecule has 0 saturated carbocycles. The van der Waals surface area contributed by atoms with Gasteiger partial charge >= 0.3 is 40.7 Å². The molecule has 38 nitrogen and oxygen atoms in total. The zero-order chi connectivity index (χ0) is 92.2. The number of carboxylic acid groups (broad SMARTS) is 1. The van der Waals surface area contributed by atoms with Gasteiger partial charge in [-0.15, -0.1) is 20.4 Å². The number of aryl methyl sites for hydroxylation is 2. The Morgan fingerprint density at radius 2 is 0.820 bits per heavy atom. The van der Waals surface area contributed by atoms with Crippen molar-refractivity contribution in [2.45, 2.75) is 125 Å². The van der Waals surface area contributed by atoms with Crippen LogP contribution in [0.2, 0.25) is 30.1 Å². The van der Waals surface area contributed by atoms with E-state index >= 15 is 0 Å². The molecule has 6 atom stereocenters. The van der Waals surface area contributed by atoms with E-state index in [1.165, 1.54) is 23.8 Å². The summed E-state index contributed by atoms with van der Waals surface area (Å²) in [5.74, 6) is -4.45. The first kappa shape index (κ1) is 118. The summed E-state index contributed by atoms with van der Waals surface area (Å²) in [5, 5.41) is 51.3. The number of nitrogens with two attached hydrogens (primary N) is 2. The number of carboxylic acids is 1. The van der Waals surface area contributed by atoms with Gasteiger partial charge in [0.05, 0.1) is 92.6 Å². The van der Waals surface area contributed by atoms with Crippen LogP contribution in [0.3, 0.4) is 0 Å². The Hall–Kier alpha value is -6.46. The number of tetrazole rings is 2. The summed E-state index contributed by atoms with van der Waals surface area (Å²) in [6.45, 7) is 13.2. The van der Waals surface area contributed by atoms with Crippen LogP contribution in [0.25, 0.3) is 38.7 Å². The van der Waals surface area contributed by atoms with Gasteiger partial charge in [0.15, 0.2) is 0 Å². The van der Waals surface area contributed by atoms with Gasteiger partial charge in [-0.25, -0.2) is 18.0 Å². The number of nitrogens with one attached hydrogen (secondary N) is 8. The Morgan fingerprint density at radius 1 is 0.508 bits per heavy atom. The van der Waals surface area contributed by atoms with Crippen LogP contribution < -0.4 is 74.3 Å². The third-order valence-electron chi connectivity index (χ3n) is 14.3. The predicted octanol–water partition coefficient (Wildman–Crippen LogP) is 13.9. The monoisotopic (exact) mass is 2020 g/mol. The molecule has 58 heteroatoms. The van der Waals surface area contributed by atoms with Crippen LogP contribution in [0.5, 0.6) is 0 Å². The SMILES string of the molecule is CCCCCc1cc(Cl)c(NS(=O)[O-])cc1-c1nn[nH]n1.CCCCCc1cc(Cl)c(NS(=O)[O-])cc1C#N.CCCCN.CCCCN(CCCC)c1cc(Cl)c(NS(=O)[O-])cc1-c1nn[nH]n1.N#Cc1cc(NS(=O)[O-])c(Cl)cc1F.NC(=O)c1cc(NS(=O)[O-])c(Cl)cc1F.O=C(O)c1cc(NS(=O)[O-])c(Cl)cc1F.O=P(Cl)(Cl)Cl.[N-]=[N+]=[N-].[Na+]. The Bertz CT molecular complexity index is 4860. The van der Waals surface area contributed by atoms with Crippen molar-refractivity contribution in [3.05, 3.63) is 170 Å². The maximum Gasteiger partial charge on any atom is 1.00 e. The van der Waals surface area contributed by atoms with Crippen molar-refractivity contribution in [1.82, 2.24) is 41.2 Å². The smallest absolute Gasteiger partial charge is 0.755 e. The minimum absolute atomic E-state index is 0. The van der Waals surface area contributed by atoms with Crippen molar-refractivity contribution >= 4 is 228 Å². The number of benzene rings is 6. The molecule has 0 aliphatic rings. The normalized spacial score (nSPS) is 11.6. The summed E-state index contributed by atoms with van der Waals surface area (Å²) < 4.78 is 187. The molecular formula is C64H74Cl9F3N22NaO16PS6-6. The van der Waals surface area contributed by atoms with Crippen LogP contribution in [-0.2, 0) is 85.0 Å². The van der Waals surface area contributed by atoms with E-state index in [0.29, 0.717) is 43.5 Å². The van der Waals surface area contributed by atoms with E-state index in [-0.39, 0.29) is 78.6 Å². The van der Waals surface area contributed by atoms with Crippen molar-refractivity contribution < 1.29 is 115 Å². The molecular weight excluding hydrogens is 1960 g/mol. The van der Waals surface area contributed by atoms with Gasteiger partial charge in [-0.05, 0) is 180 Å². The third kappa shape index (κ3) is 48.9. The maximum absolute atomic E-state index is 13.1. The molecule has 13 N–H and O–H groups in total. The molecule has 0 aliphatic heterocycles. The van der Waals surface area contributed by atoms with Crippen LogP contribution in [0.1, 0.15) is 155 Å². The van der Waals surface area contributed by atoms with Crippen molar-refractivity contribution in [3.8, 4) is 34.9 Å². The fourth-order valence-electron chi connectivity index (χ4n) is 8.99. The minimum Gasteiger partial charge on any atom is -0.755 e. The second-order valence-corrected chi connectivity index (χ2v) is 36.0. The van der Waals surface area contributed by atoms with Gasteiger partial charge in [-0.1, -0.05) is 149 Å². The first-order valence-corrected chi connectivity index (χ1v) is 47.1. The molecule has 0 radical (unpaired) electrons. The number of halogens is 12. The standard InChI is InChI=1S/C15H23ClN6O2S.C12H16ClN5O2S.C12H15ClN2O2S.C7H6ClFN2O3S.C7H4ClFN2O2S.C7H5ClFNO4S.C4H11N.Cl3OP.N3.Na/c1-3-5-7-22(8-6-4-2)14-10-12(16)13(19-25(23)24)9-11(14)15-17-20-21-18-15;1-2-3-4-5-8-6-10(13)11(16-21(19)20)7-9(8)12-14-17-18-15-12;1-2-3-4-5-9-6-11(13)12(15-18(16)17)7-10(9)8-14;8-4-2-5(9)3(7(10)12)1-6(4)11-15(13)14;8-5-2-6(9)4(3-10)1-7(5)11-14(12)13;8-4-2-5(9)3(7(11)12)1-6(4)10-15(13)14;1-2-3-4-5;1-5(2,3)4;1-3-2;/h9-10,19H,3-8H2,1-2H3,(H,23,24)(H,17,18,20,21);6-7,16H,2-5H2,1H3,(H,19,20)(H,14,15,17,18);6-7,15H,2-5H2,1H3,(H,16,17);1-2,11H,(H2,10,12)(H,13,14);1-2,11H,(H,12,13);1-2,10H,(H,11,12)(H,13,14);2-5H2,1H3;;;/q;;;;;;;;-1;+1/p-6. The van der Waals surface area contributed by atoms with Crippen LogP contribution >= 0.6 is 109 Å². The predicted molar refractivity (Wildman–Crippen MR) is 463 cm³/mol. The van der Waals surface area contributed by atoms with E-state index in [1.54, 1.807) is 36.4 Å². The first-order chi connectivity index (χ1) is 57.0. The van der Waals surface area contributed by atoms with Gasteiger partial charge in [0, 0.05) is 97.5 Å². The average molecular weight is 2030 g/mol. The van der Waals surface area contributed by atoms with Gasteiger partial charge in [0.2, 0.25) is 11.6 Å². The number of hydrogen-bond acceptors (Lipinski definition) is 25. The fraction of sp³-hybridized carbons (Fsp3) is 0.344. The molecule has 0 bridgehead atoms. The quantitative estimate of drug-likeness (QED) is 0.00346. The number of hydrogen-bond donors (Lipinski definition) is 11. The zero-order valence-corrected chi connectivity index (χ0v) is 79.1. The molecule has 0 aliphatic carbocycles. The molecule has 8 aromatic rings. The number of aromatic amines is 2. The molecule has 0 spiro atoms. The molecule has 6 unspecified atom stereocenters. The second kappa shape index (κ2) is 65.2. The molecule has 0 saturated heterocycles. The summed E-state index contributed by atoms with van der Waals surface area (Å²) >= 11 is 33.6. The second-order valence-electron chi connectivity index (χ2n) is 22.9. The number of amides is 1. The number of aromatic carboxylic acids is 1. The Kier molecular flexibility index (Phi) is 62.8. The minimum atomic E-state index is -3.22. The Labute approximate surface area is 780 Å². The molecule has 668 valence electrons. The number of nitriles is 2. The summed E-state index contributed by atoms with van der Waals surface area (Å²) in [7, 11) is 0. The van der Waals surface area contributed by atoms with E-state index < -0.39 is 113 Å². The maximum atomic E-state index is 13.1. The number of unbranched alkanes of at least 4 members (excludes halogenated alkanes) is 7. The topological polar surface area (TPSA) is 655 Å². The van der Waals surface area contributed by atoms with E-state index in [0.717, 1.165) is 155 Å². The van der Waals surface area contributed by atoms with E-state index in [1.807, 2.05) is 14.2 Å². The third-order valence-corrected chi connectivity index (χ3v) is 18.5. The molecule has 1 amide bonds. The van der Waals surface area contributed by atoms with Gasteiger partial charge in [-0.2, -0.15) is 21.0 Å². The fourth-order valence-corrected chi connectivity index (χ4v) is 12.7. The van der Waals surface area contributed by atoms with Crippen LogP contribution in [0, 0.1) is 40.1 Å². The summed E-state index contributed by atoms with van der Waals surface area (Å²) in [6, 6.07) is 18.7. The number of nitrogens with zero attached hydrogens (tertiary/aromatic N) is 12. The van der Waals surface area contributed by atoms with Crippen molar-refractivity contribution in [3.63, 3.8) is 0 Å². The number of carbonyl (C=O) groups excluding carboxylic acids is 1. The van der Waals surface area contributed by atoms with Crippen molar-refractivity contribution in [1.29, 1.82) is 10.5 Å². The number of H-pyrrole nitrogens is 2. The Balaban J connectivity index is 0. The number of aromatic nitrogens is 8. The summed E-state index contributed by atoms with van der Waals surface area (Å²) in [4.78, 5) is 25.0. The van der Waals surface area contributed by atoms with Crippen molar-refractivity contribution in [2.24, 2.45) is 11.5 Å². The van der Waals surface area contributed by atoms with Gasteiger partial charge < -0.3 is 88.2 Å². The first-order valence-electron chi connectivity index (χ1n) is 34.0.